The van der Waals surface area contributed by atoms with Crippen LogP contribution in [0.5, 0.6) is 0 Å². The van der Waals surface area contributed by atoms with Crippen LogP contribution in [0.4, 0.5) is 4.39 Å². The number of ether oxygens (including phenoxy) is 1. The molecule has 5 nitrogen and oxygen atoms in total. The number of nitrogens with zero attached hydrogens (tertiary/aromatic N) is 1. The van der Waals surface area contributed by atoms with Crippen molar-refractivity contribution in [1.82, 2.24) is 5.32 Å². The van der Waals surface area contributed by atoms with Crippen LogP contribution in [0.1, 0.15) is 33.5 Å². The number of carbonyl (C=O) groups is 2. The van der Waals surface area contributed by atoms with Gasteiger partial charge in [0.25, 0.3) is 5.91 Å². The summed E-state index contributed by atoms with van der Waals surface area (Å²) < 4.78 is 18.8. The predicted molar refractivity (Wildman–Crippen MR) is 148 cm³/mol. The second-order valence-electron chi connectivity index (χ2n) is 9.34. The Morgan fingerprint density at radius 2 is 1.59 bits per heavy atom. The van der Waals surface area contributed by atoms with Gasteiger partial charge in [0.05, 0.1) is 24.7 Å². The first-order valence-corrected chi connectivity index (χ1v) is 12.7. The van der Waals surface area contributed by atoms with E-state index >= 15 is 0 Å². The quantitative estimate of drug-likeness (QED) is 0.255. The predicted octanol–water partition coefficient (Wildman–Crippen LogP) is 6.13. The first-order valence-electron chi connectivity index (χ1n) is 12.7. The molecule has 196 valence electrons. The first-order chi connectivity index (χ1) is 19.0. The SMILES string of the molecule is COC(=O)C(Cc1cccc(C#N)c1)C(CCc1ccccc1)NC(=O)c1ccc(-c2cccc(F)c2)cc1. The van der Waals surface area contributed by atoms with Crippen LogP contribution in [-0.4, -0.2) is 25.0 Å². The number of benzene rings is 4. The molecule has 2 unspecified atom stereocenters. The third kappa shape index (κ3) is 7.39. The summed E-state index contributed by atoms with van der Waals surface area (Å²) in [6, 6.07) is 31.7. The van der Waals surface area contributed by atoms with Crippen molar-refractivity contribution in [3.8, 4) is 17.2 Å². The Labute approximate surface area is 227 Å². The number of rotatable bonds is 10. The Balaban J connectivity index is 1.58. The second kappa shape index (κ2) is 13.2. The Morgan fingerprint density at radius 3 is 2.28 bits per heavy atom. The molecule has 4 aromatic rings. The smallest absolute Gasteiger partial charge is 0.311 e. The third-order valence-corrected chi connectivity index (χ3v) is 6.71. The molecular weight excluding hydrogens is 491 g/mol. The fourth-order valence-electron chi connectivity index (χ4n) is 4.64. The highest BCUT2D eigenvalue weighted by Gasteiger charge is 2.31. The number of carbonyl (C=O) groups excluding carboxylic acids is 2. The van der Waals surface area contributed by atoms with E-state index < -0.39 is 17.9 Å². The third-order valence-electron chi connectivity index (χ3n) is 6.71. The fraction of sp³-hybridized carbons (Fsp3) is 0.182. The summed E-state index contributed by atoms with van der Waals surface area (Å²) in [6.07, 6.45) is 1.46. The molecule has 2 atom stereocenters. The van der Waals surface area contributed by atoms with Gasteiger partial charge in [0.1, 0.15) is 5.82 Å². The zero-order valence-corrected chi connectivity index (χ0v) is 21.6. The zero-order chi connectivity index (χ0) is 27.6. The Bertz CT molecular complexity index is 1460. The maximum Gasteiger partial charge on any atom is 0.311 e. The molecule has 0 aromatic heterocycles. The van der Waals surface area contributed by atoms with Gasteiger partial charge in [-0.15, -0.1) is 0 Å². The van der Waals surface area contributed by atoms with Gasteiger partial charge in [0.15, 0.2) is 0 Å². The van der Waals surface area contributed by atoms with Crippen LogP contribution in [-0.2, 0) is 22.4 Å². The normalized spacial score (nSPS) is 12.1. The molecule has 1 N–H and O–H groups in total. The van der Waals surface area contributed by atoms with Gasteiger partial charge in [-0.2, -0.15) is 5.26 Å². The number of halogens is 1. The molecule has 0 bridgehead atoms. The van der Waals surface area contributed by atoms with Crippen LogP contribution >= 0.6 is 0 Å². The summed E-state index contributed by atoms with van der Waals surface area (Å²) in [6.45, 7) is 0. The van der Waals surface area contributed by atoms with E-state index in [1.807, 2.05) is 36.4 Å². The lowest BCUT2D eigenvalue weighted by Crippen LogP contribution is -2.45. The van der Waals surface area contributed by atoms with E-state index in [1.54, 1.807) is 54.6 Å². The van der Waals surface area contributed by atoms with Crippen molar-refractivity contribution in [2.45, 2.75) is 25.3 Å². The molecule has 0 heterocycles. The molecule has 0 aliphatic rings. The summed E-state index contributed by atoms with van der Waals surface area (Å²) in [5.74, 6) is -1.75. The minimum atomic E-state index is -0.664. The molecule has 0 aliphatic carbocycles. The van der Waals surface area contributed by atoms with Gasteiger partial charge in [-0.3, -0.25) is 9.59 Å². The number of nitriles is 1. The highest BCUT2D eigenvalue weighted by Crippen LogP contribution is 2.23. The van der Waals surface area contributed by atoms with Gasteiger partial charge in [-0.05, 0) is 77.9 Å². The molecule has 0 saturated carbocycles. The van der Waals surface area contributed by atoms with Crippen molar-refractivity contribution in [1.29, 1.82) is 5.26 Å². The van der Waals surface area contributed by atoms with E-state index in [4.69, 9.17) is 4.74 Å². The van der Waals surface area contributed by atoms with E-state index in [0.29, 0.717) is 36.0 Å². The van der Waals surface area contributed by atoms with Crippen molar-refractivity contribution < 1.29 is 18.7 Å². The number of nitrogens with one attached hydrogen (secondary N) is 1. The molecule has 0 spiro atoms. The van der Waals surface area contributed by atoms with Gasteiger partial charge in [0, 0.05) is 11.6 Å². The number of esters is 1. The van der Waals surface area contributed by atoms with Gasteiger partial charge in [-0.1, -0.05) is 66.7 Å². The van der Waals surface area contributed by atoms with Crippen LogP contribution in [0.15, 0.2) is 103 Å². The van der Waals surface area contributed by atoms with Crippen molar-refractivity contribution in [3.05, 3.63) is 131 Å². The van der Waals surface area contributed by atoms with Crippen molar-refractivity contribution in [2.75, 3.05) is 7.11 Å². The molecule has 0 fully saturated rings. The molecule has 4 rings (SSSR count). The van der Waals surface area contributed by atoms with E-state index in [1.165, 1.54) is 19.2 Å². The lowest BCUT2D eigenvalue weighted by molar-refractivity contribution is -0.146. The van der Waals surface area contributed by atoms with Crippen molar-refractivity contribution in [2.24, 2.45) is 5.92 Å². The van der Waals surface area contributed by atoms with E-state index in [2.05, 4.69) is 11.4 Å². The standard InChI is InChI=1S/C33H29FN2O3/c1-39-33(38)30(20-24-9-5-10-25(19-24)22-35)31(18-13-23-7-3-2-4-8-23)36-32(37)27-16-14-26(15-17-27)28-11-6-12-29(34)21-28/h2-12,14-17,19,21,30-31H,13,18,20H2,1H3,(H,36,37). The van der Waals surface area contributed by atoms with Gasteiger partial charge < -0.3 is 10.1 Å². The van der Waals surface area contributed by atoms with E-state index in [0.717, 1.165) is 16.7 Å². The molecular formula is C33H29FN2O3. The molecule has 0 saturated heterocycles. The van der Waals surface area contributed by atoms with Crippen LogP contribution in [0.3, 0.4) is 0 Å². The summed E-state index contributed by atoms with van der Waals surface area (Å²) in [5, 5.41) is 12.4. The van der Waals surface area contributed by atoms with Crippen LogP contribution in [0.25, 0.3) is 11.1 Å². The largest absolute Gasteiger partial charge is 0.469 e. The Hall–Kier alpha value is -4.76. The van der Waals surface area contributed by atoms with Crippen molar-refractivity contribution >= 4 is 11.9 Å². The van der Waals surface area contributed by atoms with Crippen molar-refractivity contribution in [3.63, 3.8) is 0 Å². The average Bonchev–Trinajstić information content (AvgIpc) is 2.98. The molecule has 39 heavy (non-hydrogen) atoms. The van der Waals surface area contributed by atoms with E-state index in [-0.39, 0.29) is 11.7 Å². The number of amides is 1. The van der Waals surface area contributed by atoms with Gasteiger partial charge in [0.2, 0.25) is 0 Å². The van der Waals surface area contributed by atoms with Gasteiger partial charge >= 0.3 is 5.97 Å². The monoisotopic (exact) mass is 520 g/mol. The van der Waals surface area contributed by atoms with E-state index in [9.17, 15) is 19.2 Å². The summed E-state index contributed by atoms with van der Waals surface area (Å²) >= 11 is 0. The lowest BCUT2D eigenvalue weighted by atomic mass is 9.87. The summed E-state index contributed by atoms with van der Waals surface area (Å²) in [7, 11) is 1.34. The first kappa shape index (κ1) is 27.3. The molecule has 0 radical (unpaired) electrons. The average molecular weight is 521 g/mol. The number of hydrogen-bond donors (Lipinski definition) is 1. The maximum absolute atomic E-state index is 13.6. The molecule has 4 aromatic carbocycles. The number of aryl methyl sites for hydroxylation is 1. The summed E-state index contributed by atoms with van der Waals surface area (Å²) in [4.78, 5) is 26.4. The highest BCUT2D eigenvalue weighted by atomic mass is 19.1. The molecule has 1 amide bonds. The van der Waals surface area contributed by atoms with Crippen LogP contribution in [0.2, 0.25) is 0 Å². The van der Waals surface area contributed by atoms with Crippen LogP contribution < -0.4 is 5.32 Å². The lowest BCUT2D eigenvalue weighted by Gasteiger charge is -2.27. The zero-order valence-electron chi connectivity index (χ0n) is 21.6. The second-order valence-corrected chi connectivity index (χ2v) is 9.34. The Morgan fingerprint density at radius 1 is 0.872 bits per heavy atom. The fourth-order valence-corrected chi connectivity index (χ4v) is 4.64. The molecule has 6 heteroatoms. The Kier molecular flexibility index (Phi) is 9.20. The highest BCUT2D eigenvalue weighted by molar-refractivity contribution is 5.95. The number of hydrogen-bond acceptors (Lipinski definition) is 4. The maximum atomic E-state index is 13.6. The minimum Gasteiger partial charge on any atom is -0.469 e. The number of methoxy groups -OCH3 is 1. The minimum absolute atomic E-state index is 0.306. The van der Waals surface area contributed by atoms with Gasteiger partial charge in [-0.25, -0.2) is 4.39 Å². The molecule has 0 aliphatic heterocycles. The van der Waals surface area contributed by atoms with Crippen LogP contribution in [0, 0.1) is 23.1 Å². The topological polar surface area (TPSA) is 79.2 Å². The summed E-state index contributed by atoms with van der Waals surface area (Å²) in [5.41, 5.74) is 4.33.